The summed E-state index contributed by atoms with van der Waals surface area (Å²) in [5.41, 5.74) is 3.84. The number of hydrogen-bond donors (Lipinski definition) is 1. The number of amides is 2. The molecule has 0 unspecified atom stereocenters. The van der Waals surface area contributed by atoms with Crippen LogP contribution < -0.4 is 10.2 Å². The highest BCUT2D eigenvalue weighted by atomic mass is 32.2. The number of furan rings is 1. The Bertz CT molecular complexity index is 1010. The average Bonchev–Trinajstić information content (AvgIpc) is 3.38. The highest BCUT2D eigenvalue weighted by Crippen LogP contribution is 2.44. The van der Waals surface area contributed by atoms with Crippen molar-refractivity contribution >= 4 is 35.0 Å². The molecular formula is C23H22N2O3S. The number of hydrogen-bond acceptors (Lipinski definition) is 4. The molecule has 1 aromatic heterocycles. The summed E-state index contributed by atoms with van der Waals surface area (Å²) in [7, 11) is 0. The van der Waals surface area contributed by atoms with Crippen molar-refractivity contribution in [2.24, 2.45) is 0 Å². The van der Waals surface area contributed by atoms with Crippen LogP contribution in [-0.2, 0) is 4.79 Å². The molecule has 0 spiro atoms. The lowest BCUT2D eigenvalue weighted by molar-refractivity contribution is -0.115. The number of thioether (sulfide) groups is 1. The summed E-state index contributed by atoms with van der Waals surface area (Å²) >= 11 is 1.62. The van der Waals surface area contributed by atoms with E-state index >= 15 is 0 Å². The lowest BCUT2D eigenvalue weighted by Gasteiger charge is -2.27. The van der Waals surface area contributed by atoms with Crippen molar-refractivity contribution in [1.82, 2.24) is 0 Å². The Morgan fingerprint density at radius 1 is 1.10 bits per heavy atom. The van der Waals surface area contributed by atoms with Gasteiger partial charge in [0.25, 0.3) is 5.91 Å². The minimum atomic E-state index is -0.291. The predicted octanol–water partition coefficient (Wildman–Crippen LogP) is 5.43. The monoisotopic (exact) mass is 406 g/mol. The van der Waals surface area contributed by atoms with Gasteiger partial charge in [0, 0.05) is 11.4 Å². The van der Waals surface area contributed by atoms with Crippen LogP contribution in [0.2, 0.25) is 0 Å². The molecule has 0 bridgehead atoms. The third-order valence-corrected chi connectivity index (χ3v) is 6.10. The van der Waals surface area contributed by atoms with Crippen LogP contribution >= 0.6 is 11.8 Å². The van der Waals surface area contributed by atoms with E-state index in [1.54, 1.807) is 23.9 Å². The quantitative estimate of drug-likeness (QED) is 0.613. The van der Waals surface area contributed by atoms with E-state index in [2.05, 4.69) is 25.2 Å². The fraction of sp³-hybridized carbons (Fsp3) is 0.217. The maximum absolute atomic E-state index is 12.7. The second kappa shape index (κ2) is 8.17. The molecule has 0 radical (unpaired) electrons. The van der Waals surface area contributed by atoms with Crippen molar-refractivity contribution in [3.63, 3.8) is 0 Å². The molecule has 4 rings (SSSR count). The van der Waals surface area contributed by atoms with Crippen molar-refractivity contribution in [3.05, 3.63) is 83.8 Å². The Morgan fingerprint density at radius 2 is 1.86 bits per heavy atom. The number of carbonyl (C=O) groups excluding carboxylic acids is 2. The predicted molar refractivity (Wildman–Crippen MR) is 116 cm³/mol. The number of benzene rings is 2. The summed E-state index contributed by atoms with van der Waals surface area (Å²) in [6.07, 6.45) is 1.47. The Kier molecular flexibility index (Phi) is 5.45. The standard InChI is InChI=1S/C23H22N2O3S/c1-15(2)18-6-3-4-7-19(18)25-21(26)14-29-23(25)16-9-11-17(12-10-16)24-22(27)20-8-5-13-28-20/h3-13,15,23H,14H2,1-2H3,(H,24,27)/t23-/m1/s1. The van der Waals surface area contributed by atoms with Crippen molar-refractivity contribution in [1.29, 1.82) is 0 Å². The number of rotatable bonds is 5. The van der Waals surface area contributed by atoms with Crippen LogP contribution in [0.1, 0.15) is 46.8 Å². The molecule has 1 fully saturated rings. The Hall–Kier alpha value is -2.99. The zero-order chi connectivity index (χ0) is 20.4. The minimum Gasteiger partial charge on any atom is -0.459 e. The molecule has 5 nitrogen and oxygen atoms in total. The van der Waals surface area contributed by atoms with Gasteiger partial charge in [0.1, 0.15) is 5.37 Å². The van der Waals surface area contributed by atoms with Gasteiger partial charge >= 0.3 is 0 Å². The fourth-order valence-electron chi connectivity index (χ4n) is 3.46. The van der Waals surface area contributed by atoms with Gasteiger partial charge in [0.15, 0.2) is 5.76 Å². The molecule has 1 aliphatic heterocycles. The van der Waals surface area contributed by atoms with Gasteiger partial charge in [-0.3, -0.25) is 14.5 Å². The molecule has 6 heteroatoms. The first-order valence-electron chi connectivity index (χ1n) is 9.52. The molecule has 1 atom stereocenters. The van der Waals surface area contributed by atoms with Gasteiger partial charge < -0.3 is 9.73 Å². The van der Waals surface area contributed by atoms with Gasteiger partial charge in [0.2, 0.25) is 5.91 Å². The summed E-state index contributed by atoms with van der Waals surface area (Å²) in [5, 5.41) is 2.73. The van der Waals surface area contributed by atoms with Crippen LogP contribution in [0.3, 0.4) is 0 Å². The molecule has 0 aliphatic carbocycles. The SMILES string of the molecule is CC(C)c1ccccc1N1C(=O)CS[C@@H]1c1ccc(NC(=O)c2ccco2)cc1. The van der Waals surface area contributed by atoms with Crippen LogP contribution in [0.25, 0.3) is 0 Å². The van der Waals surface area contributed by atoms with E-state index < -0.39 is 0 Å². The van der Waals surface area contributed by atoms with Crippen LogP contribution in [0.5, 0.6) is 0 Å². The number of para-hydroxylation sites is 1. The van der Waals surface area contributed by atoms with Crippen LogP contribution in [0.4, 0.5) is 11.4 Å². The molecule has 1 N–H and O–H groups in total. The molecule has 3 aromatic rings. The lowest BCUT2D eigenvalue weighted by Crippen LogP contribution is -2.29. The van der Waals surface area contributed by atoms with E-state index in [4.69, 9.17) is 4.42 Å². The third kappa shape index (κ3) is 3.93. The van der Waals surface area contributed by atoms with Gasteiger partial charge in [-0.15, -0.1) is 11.8 Å². The van der Waals surface area contributed by atoms with E-state index in [0.717, 1.165) is 16.8 Å². The summed E-state index contributed by atoms with van der Waals surface area (Å²) in [5.74, 6) is 0.865. The third-order valence-electron chi connectivity index (χ3n) is 4.88. The van der Waals surface area contributed by atoms with Crippen molar-refractivity contribution in [3.8, 4) is 0 Å². The van der Waals surface area contributed by atoms with E-state index in [1.807, 2.05) is 47.4 Å². The molecule has 1 saturated heterocycles. The molecule has 2 aromatic carbocycles. The Balaban J connectivity index is 1.57. The maximum Gasteiger partial charge on any atom is 0.291 e. The van der Waals surface area contributed by atoms with Crippen molar-refractivity contribution in [2.45, 2.75) is 25.1 Å². The highest BCUT2D eigenvalue weighted by molar-refractivity contribution is 8.00. The highest BCUT2D eigenvalue weighted by Gasteiger charge is 2.35. The number of anilines is 2. The lowest BCUT2D eigenvalue weighted by atomic mass is 10.00. The largest absolute Gasteiger partial charge is 0.459 e. The summed E-state index contributed by atoms with van der Waals surface area (Å²) < 4.78 is 5.12. The Labute approximate surface area is 174 Å². The first-order chi connectivity index (χ1) is 14.0. The number of nitrogens with one attached hydrogen (secondary N) is 1. The molecular weight excluding hydrogens is 384 g/mol. The van der Waals surface area contributed by atoms with Gasteiger partial charge in [-0.05, 0) is 47.4 Å². The zero-order valence-electron chi connectivity index (χ0n) is 16.3. The fourth-order valence-corrected chi connectivity index (χ4v) is 4.63. The smallest absolute Gasteiger partial charge is 0.291 e. The van der Waals surface area contributed by atoms with Crippen LogP contribution in [0, 0.1) is 0 Å². The van der Waals surface area contributed by atoms with Gasteiger partial charge in [-0.2, -0.15) is 0 Å². The van der Waals surface area contributed by atoms with E-state index in [9.17, 15) is 9.59 Å². The first-order valence-corrected chi connectivity index (χ1v) is 10.6. The molecule has 0 saturated carbocycles. The molecule has 2 heterocycles. The normalized spacial score (nSPS) is 16.4. The minimum absolute atomic E-state index is 0.0859. The number of carbonyl (C=O) groups is 2. The van der Waals surface area contributed by atoms with E-state index in [-0.39, 0.29) is 22.9 Å². The summed E-state index contributed by atoms with van der Waals surface area (Å²) in [6.45, 7) is 4.27. The van der Waals surface area contributed by atoms with Gasteiger partial charge in [-0.25, -0.2) is 0 Å². The Morgan fingerprint density at radius 3 is 2.55 bits per heavy atom. The summed E-state index contributed by atoms with van der Waals surface area (Å²) in [6, 6.07) is 19.0. The second-order valence-corrected chi connectivity index (χ2v) is 8.26. The van der Waals surface area contributed by atoms with Gasteiger partial charge in [-0.1, -0.05) is 44.2 Å². The summed E-state index contributed by atoms with van der Waals surface area (Å²) in [4.78, 5) is 26.7. The van der Waals surface area contributed by atoms with Gasteiger partial charge in [0.05, 0.1) is 12.0 Å². The van der Waals surface area contributed by atoms with E-state index in [0.29, 0.717) is 17.4 Å². The van der Waals surface area contributed by atoms with Crippen molar-refractivity contribution in [2.75, 3.05) is 16.0 Å². The van der Waals surface area contributed by atoms with Crippen LogP contribution in [-0.4, -0.2) is 17.6 Å². The number of nitrogens with zero attached hydrogens (tertiary/aromatic N) is 1. The molecule has 1 aliphatic rings. The van der Waals surface area contributed by atoms with Crippen LogP contribution in [0.15, 0.2) is 71.3 Å². The second-order valence-electron chi connectivity index (χ2n) is 7.19. The first kappa shape index (κ1) is 19.3. The van der Waals surface area contributed by atoms with E-state index in [1.165, 1.54) is 6.26 Å². The maximum atomic E-state index is 12.7. The zero-order valence-corrected chi connectivity index (χ0v) is 17.1. The molecule has 148 valence electrons. The molecule has 2 amide bonds. The van der Waals surface area contributed by atoms with Crippen molar-refractivity contribution < 1.29 is 14.0 Å². The average molecular weight is 407 g/mol. The topological polar surface area (TPSA) is 62.6 Å². The molecule has 29 heavy (non-hydrogen) atoms.